The predicted molar refractivity (Wildman–Crippen MR) is 98.3 cm³/mol. The number of benzene rings is 2. The van der Waals surface area contributed by atoms with Gasteiger partial charge in [0.05, 0.1) is 17.4 Å². The molecule has 0 aliphatic carbocycles. The molecule has 7 nitrogen and oxygen atoms in total. The van der Waals surface area contributed by atoms with Crippen molar-refractivity contribution in [3.05, 3.63) is 71.0 Å². The van der Waals surface area contributed by atoms with E-state index in [1.54, 1.807) is 48.5 Å². The molecule has 3 N–H and O–H groups in total. The lowest BCUT2D eigenvalue weighted by Gasteiger charge is -2.08. The Bertz CT molecular complexity index is 938. The quantitative estimate of drug-likeness (QED) is 0.696. The molecule has 132 valence electrons. The van der Waals surface area contributed by atoms with Crippen LogP contribution in [0.5, 0.6) is 5.75 Å². The van der Waals surface area contributed by atoms with Gasteiger partial charge in [-0.2, -0.15) is 8.75 Å². The normalized spacial score (nSPS) is 10.3. The number of carbonyl (C=O) groups is 2. The monoisotopic (exact) mass is 368 g/mol. The fourth-order valence-electron chi connectivity index (χ4n) is 2.18. The van der Waals surface area contributed by atoms with E-state index >= 15 is 0 Å². The highest BCUT2D eigenvalue weighted by Crippen LogP contribution is 2.17. The third kappa shape index (κ3) is 4.22. The van der Waals surface area contributed by atoms with E-state index in [0.717, 1.165) is 23.1 Å². The Labute approximate surface area is 154 Å². The maximum atomic E-state index is 12.4. The van der Waals surface area contributed by atoms with Crippen molar-refractivity contribution in [2.24, 2.45) is 5.73 Å². The Hall–Kier alpha value is -3.26. The first-order chi connectivity index (χ1) is 12.5. The van der Waals surface area contributed by atoms with Crippen molar-refractivity contribution in [2.45, 2.75) is 13.5 Å². The molecule has 0 fully saturated rings. The summed E-state index contributed by atoms with van der Waals surface area (Å²) in [4.78, 5) is 23.5. The van der Waals surface area contributed by atoms with Crippen LogP contribution in [0.1, 0.15) is 32.1 Å². The summed E-state index contributed by atoms with van der Waals surface area (Å²) in [6.07, 6.45) is 0. The van der Waals surface area contributed by atoms with E-state index < -0.39 is 5.91 Å². The van der Waals surface area contributed by atoms with Crippen molar-refractivity contribution in [3.8, 4) is 5.75 Å². The van der Waals surface area contributed by atoms with Gasteiger partial charge in [-0.05, 0) is 49.4 Å². The molecule has 2 aromatic carbocycles. The van der Waals surface area contributed by atoms with E-state index in [4.69, 9.17) is 10.5 Å². The Morgan fingerprint density at radius 1 is 1.12 bits per heavy atom. The van der Waals surface area contributed by atoms with E-state index in [-0.39, 0.29) is 5.91 Å². The number of primary amides is 1. The third-order valence-electron chi connectivity index (χ3n) is 3.65. The first kappa shape index (κ1) is 17.6. The minimum Gasteiger partial charge on any atom is -0.487 e. The number of nitrogens with two attached hydrogens (primary N) is 1. The van der Waals surface area contributed by atoms with Gasteiger partial charge in [0.25, 0.3) is 5.91 Å². The molecule has 0 spiro atoms. The van der Waals surface area contributed by atoms with Gasteiger partial charge in [0.15, 0.2) is 0 Å². The van der Waals surface area contributed by atoms with Crippen molar-refractivity contribution in [3.63, 3.8) is 0 Å². The van der Waals surface area contributed by atoms with Gasteiger partial charge in [-0.1, -0.05) is 6.07 Å². The highest BCUT2D eigenvalue weighted by Gasteiger charge is 2.09. The molecule has 0 aliphatic heterocycles. The molecule has 0 saturated carbocycles. The highest BCUT2D eigenvalue weighted by atomic mass is 32.1. The number of nitrogens with zero attached hydrogens (tertiary/aromatic N) is 2. The molecule has 0 radical (unpaired) electrons. The molecule has 8 heteroatoms. The first-order valence-corrected chi connectivity index (χ1v) is 8.48. The molecular formula is C18H16N4O3S. The van der Waals surface area contributed by atoms with Gasteiger partial charge in [-0.25, -0.2) is 0 Å². The van der Waals surface area contributed by atoms with Gasteiger partial charge in [0.2, 0.25) is 5.91 Å². The number of aromatic nitrogens is 2. The Balaban J connectivity index is 1.65. The minimum absolute atomic E-state index is 0.284. The van der Waals surface area contributed by atoms with Crippen LogP contribution in [0.25, 0.3) is 0 Å². The molecule has 26 heavy (non-hydrogen) atoms. The molecule has 0 bridgehead atoms. The highest BCUT2D eigenvalue weighted by molar-refractivity contribution is 6.99. The maximum absolute atomic E-state index is 12.4. The second-order valence-electron chi connectivity index (χ2n) is 5.51. The number of nitrogens with one attached hydrogen (secondary N) is 1. The molecule has 0 aliphatic rings. The Morgan fingerprint density at radius 3 is 2.54 bits per heavy atom. The van der Waals surface area contributed by atoms with Gasteiger partial charge in [0.1, 0.15) is 18.1 Å². The van der Waals surface area contributed by atoms with Gasteiger partial charge in [-0.15, -0.1) is 0 Å². The Kier molecular flexibility index (Phi) is 5.23. The van der Waals surface area contributed by atoms with Crippen molar-refractivity contribution in [2.75, 3.05) is 5.32 Å². The predicted octanol–water partition coefficient (Wildman–Crippen LogP) is 2.78. The largest absolute Gasteiger partial charge is 0.487 e. The van der Waals surface area contributed by atoms with Crippen molar-refractivity contribution >= 4 is 29.2 Å². The van der Waals surface area contributed by atoms with E-state index in [1.165, 1.54) is 0 Å². The van der Waals surface area contributed by atoms with Crippen LogP contribution in [-0.4, -0.2) is 20.6 Å². The summed E-state index contributed by atoms with van der Waals surface area (Å²) in [6.45, 7) is 2.16. The second-order valence-corrected chi connectivity index (χ2v) is 6.04. The number of aryl methyl sites for hydroxylation is 1. The van der Waals surface area contributed by atoms with Crippen LogP contribution in [0.4, 0.5) is 5.69 Å². The van der Waals surface area contributed by atoms with Crippen LogP contribution in [0.15, 0.2) is 48.5 Å². The smallest absolute Gasteiger partial charge is 0.255 e. The average molecular weight is 368 g/mol. The summed E-state index contributed by atoms with van der Waals surface area (Å²) in [7, 11) is 0. The molecule has 0 saturated heterocycles. The Morgan fingerprint density at radius 2 is 1.88 bits per heavy atom. The van der Waals surface area contributed by atoms with Gasteiger partial charge in [-0.3, -0.25) is 9.59 Å². The van der Waals surface area contributed by atoms with Crippen LogP contribution in [0.2, 0.25) is 0 Å². The summed E-state index contributed by atoms with van der Waals surface area (Å²) in [5.41, 5.74) is 8.21. The van der Waals surface area contributed by atoms with Crippen LogP contribution in [0.3, 0.4) is 0 Å². The number of hydrogen-bond donors (Lipinski definition) is 2. The fourth-order valence-corrected chi connectivity index (χ4v) is 2.73. The second kappa shape index (κ2) is 7.75. The van der Waals surface area contributed by atoms with E-state index in [1.807, 2.05) is 6.92 Å². The van der Waals surface area contributed by atoms with Crippen molar-refractivity contribution in [1.29, 1.82) is 0 Å². The van der Waals surface area contributed by atoms with Crippen molar-refractivity contribution < 1.29 is 14.3 Å². The summed E-state index contributed by atoms with van der Waals surface area (Å²) >= 11 is 1.14. The zero-order valence-electron chi connectivity index (χ0n) is 13.9. The van der Waals surface area contributed by atoms with Crippen LogP contribution >= 0.6 is 11.7 Å². The van der Waals surface area contributed by atoms with Crippen LogP contribution in [-0.2, 0) is 6.61 Å². The topological polar surface area (TPSA) is 107 Å². The van der Waals surface area contributed by atoms with E-state index in [2.05, 4.69) is 14.1 Å². The standard InChI is InChI=1S/C18H16N4O3S/c1-11-16(22-26-21-11)10-25-15-4-2-3-13(9-15)18(24)20-14-7-5-12(6-8-14)17(19)23/h2-9H,10H2,1H3,(H2,19,23)(H,20,24). The number of rotatable bonds is 6. The van der Waals surface area contributed by atoms with Crippen LogP contribution < -0.4 is 15.8 Å². The fraction of sp³-hybridized carbons (Fsp3) is 0.111. The molecule has 3 rings (SSSR count). The molecule has 1 heterocycles. The molecule has 0 atom stereocenters. The minimum atomic E-state index is -0.515. The zero-order chi connectivity index (χ0) is 18.5. The number of amides is 2. The van der Waals surface area contributed by atoms with Gasteiger partial charge in [0, 0.05) is 16.8 Å². The van der Waals surface area contributed by atoms with Gasteiger partial charge < -0.3 is 15.8 Å². The van der Waals surface area contributed by atoms with Crippen molar-refractivity contribution in [1.82, 2.24) is 8.75 Å². The third-order valence-corrected chi connectivity index (χ3v) is 4.30. The maximum Gasteiger partial charge on any atom is 0.255 e. The summed E-state index contributed by atoms with van der Waals surface area (Å²) < 4.78 is 13.9. The lowest BCUT2D eigenvalue weighted by molar-refractivity contribution is 0.0998. The van der Waals surface area contributed by atoms with Gasteiger partial charge >= 0.3 is 0 Å². The molecule has 1 aromatic heterocycles. The van der Waals surface area contributed by atoms with E-state index in [0.29, 0.717) is 29.2 Å². The summed E-state index contributed by atoms with van der Waals surface area (Å²) in [6, 6.07) is 13.2. The molecular weight excluding hydrogens is 352 g/mol. The number of ether oxygens (including phenoxy) is 1. The lowest BCUT2D eigenvalue weighted by atomic mass is 10.1. The first-order valence-electron chi connectivity index (χ1n) is 7.75. The number of hydrogen-bond acceptors (Lipinski definition) is 6. The molecule has 3 aromatic rings. The van der Waals surface area contributed by atoms with E-state index in [9.17, 15) is 9.59 Å². The average Bonchev–Trinajstić information content (AvgIpc) is 3.05. The zero-order valence-corrected chi connectivity index (χ0v) is 14.7. The number of anilines is 1. The lowest BCUT2D eigenvalue weighted by Crippen LogP contribution is -2.13. The summed E-state index contributed by atoms with van der Waals surface area (Å²) in [5.74, 6) is -0.235. The molecule has 0 unspecified atom stereocenters. The van der Waals surface area contributed by atoms with Crippen LogP contribution in [0, 0.1) is 6.92 Å². The molecule has 2 amide bonds. The summed E-state index contributed by atoms with van der Waals surface area (Å²) in [5, 5.41) is 2.76. The number of carbonyl (C=O) groups excluding carboxylic acids is 2. The SMILES string of the molecule is Cc1nsnc1COc1cccc(C(=O)Nc2ccc(C(N)=O)cc2)c1.